The molecule has 0 aliphatic rings. The van der Waals surface area contributed by atoms with Gasteiger partial charge in [0.15, 0.2) is 5.82 Å². The summed E-state index contributed by atoms with van der Waals surface area (Å²) in [7, 11) is 1.95. The molecule has 0 saturated heterocycles. The summed E-state index contributed by atoms with van der Waals surface area (Å²) < 4.78 is 5.21. The van der Waals surface area contributed by atoms with Crippen LogP contribution in [0.2, 0.25) is 0 Å². The summed E-state index contributed by atoms with van der Waals surface area (Å²) in [5, 5.41) is 7.14. The van der Waals surface area contributed by atoms with Crippen molar-refractivity contribution in [2.24, 2.45) is 0 Å². The zero-order chi connectivity index (χ0) is 12.1. The summed E-state index contributed by atoms with van der Waals surface area (Å²) in [4.78, 5) is 11.3. The summed E-state index contributed by atoms with van der Waals surface area (Å²) in [6.45, 7) is 2.16. The second kappa shape index (κ2) is 5.58. The summed E-state index contributed by atoms with van der Waals surface area (Å²) in [5.74, 6) is 1.79. The third-order valence-electron chi connectivity index (χ3n) is 2.64. The molecule has 1 unspecified atom stereocenters. The Morgan fingerprint density at radius 2 is 2.41 bits per heavy atom. The molecule has 0 radical (unpaired) electrons. The number of H-pyrrole nitrogens is 1. The van der Waals surface area contributed by atoms with Gasteiger partial charge in [0.25, 0.3) is 0 Å². The Kier molecular flexibility index (Phi) is 3.87. The highest BCUT2D eigenvalue weighted by atomic mass is 16.5. The average Bonchev–Trinajstić information content (AvgIpc) is 2.98. The monoisotopic (exact) mass is 235 g/mol. The number of imidazole rings is 1. The highest BCUT2D eigenvalue weighted by Crippen LogP contribution is 2.11. The van der Waals surface area contributed by atoms with Crippen molar-refractivity contribution in [2.75, 3.05) is 7.05 Å². The van der Waals surface area contributed by atoms with E-state index in [1.165, 1.54) is 0 Å². The SMILES string of the molecule is CCCC(Cc1nc(-c2ncc[nH]2)no1)NC. The zero-order valence-corrected chi connectivity index (χ0v) is 10.1. The molecule has 0 aliphatic carbocycles. The van der Waals surface area contributed by atoms with E-state index in [1.807, 2.05) is 7.05 Å². The molecule has 0 aliphatic heterocycles. The Labute approximate surface area is 99.8 Å². The van der Waals surface area contributed by atoms with Gasteiger partial charge in [0.05, 0.1) is 0 Å². The average molecular weight is 235 g/mol. The van der Waals surface area contributed by atoms with Crippen molar-refractivity contribution in [3.63, 3.8) is 0 Å². The number of likely N-dealkylation sites (N-methyl/N-ethyl adjacent to an activating group) is 1. The predicted molar refractivity (Wildman–Crippen MR) is 63.3 cm³/mol. The summed E-state index contributed by atoms with van der Waals surface area (Å²) in [5.41, 5.74) is 0. The number of hydrogen-bond donors (Lipinski definition) is 2. The summed E-state index contributed by atoms with van der Waals surface area (Å²) in [6, 6.07) is 0.380. The molecule has 92 valence electrons. The van der Waals surface area contributed by atoms with E-state index in [2.05, 4.69) is 32.3 Å². The van der Waals surface area contributed by atoms with E-state index in [-0.39, 0.29) is 0 Å². The minimum absolute atomic E-state index is 0.380. The molecule has 0 bridgehead atoms. The van der Waals surface area contributed by atoms with E-state index >= 15 is 0 Å². The van der Waals surface area contributed by atoms with Crippen LogP contribution in [-0.2, 0) is 6.42 Å². The lowest BCUT2D eigenvalue weighted by molar-refractivity contribution is 0.356. The largest absolute Gasteiger partial charge is 0.342 e. The second-order valence-electron chi connectivity index (χ2n) is 3.93. The van der Waals surface area contributed by atoms with Crippen LogP contribution in [0.15, 0.2) is 16.9 Å². The lowest BCUT2D eigenvalue weighted by Gasteiger charge is -2.11. The standard InChI is InChI=1S/C11H17N5O/c1-3-4-8(12-2)7-9-15-11(16-17-9)10-13-5-6-14-10/h5-6,8,12H,3-4,7H2,1-2H3,(H,13,14). The Morgan fingerprint density at radius 3 is 3.06 bits per heavy atom. The first-order valence-electron chi connectivity index (χ1n) is 5.83. The first kappa shape index (κ1) is 11.8. The number of aromatic amines is 1. The van der Waals surface area contributed by atoms with Crippen molar-refractivity contribution in [3.05, 3.63) is 18.3 Å². The van der Waals surface area contributed by atoms with Crippen LogP contribution in [0.25, 0.3) is 11.6 Å². The van der Waals surface area contributed by atoms with Gasteiger partial charge in [-0.1, -0.05) is 18.5 Å². The maximum absolute atomic E-state index is 5.21. The van der Waals surface area contributed by atoms with E-state index < -0.39 is 0 Å². The minimum atomic E-state index is 0.380. The molecule has 2 aromatic heterocycles. The first-order chi connectivity index (χ1) is 8.33. The molecule has 0 amide bonds. The highest BCUT2D eigenvalue weighted by molar-refractivity contribution is 5.40. The van der Waals surface area contributed by atoms with Crippen molar-refractivity contribution in [1.29, 1.82) is 0 Å². The van der Waals surface area contributed by atoms with Gasteiger partial charge in [0.1, 0.15) is 0 Å². The van der Waals surface area contributed by atoms with Crippen molar-refractivity contribution in [1.82, 2.24) is 25.4 Å². The van der Waals surface area contributed by atoms with E-state index in [1.54, 1.807) is 12.4 Å². The maximum atomic E-state index is 5.21. The number of hydrogen-bond acceptors (Lipinski definition) is 5. The zero-order valence-electron chi connectivity index (χ0n) is 10.1. The van der Waals surface area contributed by atoms with E-state index in [4.69, 9.17) is 4.52 Å². The topological polar surface area (TPSA) is 79.6 Å². The van der Waals surface area contributed by atoms with Crippen molar-refractivity contribution >= 4 is 0 Å². The molecule has 0 spiro atoms. The van der Waals surface area contributed by atoms with Gasteiger partial charge in [-0.2, -0.15) is 4.98 Å². The third-order valence-corrected chi connectivity index (χ3v) is 2.64. The molecule has 0 saturated carbocycles. The molecule has 0 fully saturated rings. The van der Waals surface area contributed by atoms with Crippen LogP contribution in [0.5, 0.6) is 0 Å². The fraction of sp³-hybridized carbons (Fsp3) is 0.545. The van der Waals surface area contributed by atoms with Gasteiger partial charge in [-0.25, -0.2) is 4.98 Å². The lowest BCUT2D eigenvalue weighted by atomic mass is 10.1. The Bertz CT molecular complexity index is 436. The van der Waals surface area contributed by atoms with Crippen LogP contribution >= 0.6 is 0 Å². The van der Waals surface area contributed by atoms with Crippen LogP contribution in [0, 0.1) is 0 Å². The molecule has 0 aromatic carbocycles. The number of nitrogens with one attached hydrogen (secondary N) is 2. The molecule has 6 nitrogen and oxygen atoms in total. The Balaban J connectivity index is 2.03. The van der Waals surface area contributed by atoms with Gasteiger partial charge in [0, 0.05) is 24.9 Å². The van der Waals surface area contributed by atoms with E-state index in [0.717, 1.165) is 19.3 Å². The smallest absolute Gasteiger partial charge is 0.238 e. The van der Waals surface area contributed by atoms with Gasteiger partial charge >= 0.3 is 0 Å². The fourth-order valence-electron chi connectivity index (χ4n) is 1.73. The Morgan fingerprint density at radius 1 is 1.53 bits per heavy atom. The van der Waals surface area contributed by atoms with Gasteiger partial charge in [0.2, 0.25) is 11.7 Å². The van der Waals surface area contributed by atoms with Gasteiger partial charge in [-0.15, -0.1) is 0 Å². The summed E-state index contributed by atoms with van der Waals surface area (Å²) in [6.07, 6.45) is 6.37. The number of rotatable bonds is 6. The molecular formula is C11H17N5O. The maximum Gasteiger partial charge on any atom is 0.238 e. The molecular weight excluding hydrogens is 218 g/mol. The predicted octanol–water partition coefficient (Wildman–Crippen LogP) is 1.39. The lowest BCUT2D eigenvalue weighted by Crippen LogP contribution is -2.27. The second-order valence-corrected chi connectivity index (χ2v) is 3.93. The minimum Gasteiger partial charge on any atom is -0.342 e. The normalized spacial score (nSPS) is 12.8. The van der Waals surface area contributed by atoms with Gasteiger partial charge < -0.3 is 14.8 Å². The molecule has 2 N–H and O–H groups in total. The third kappa shape index (κ3) is 2.91. The van der Waals surface area contributed by atoms with Gasteiger partial charge in [-0.05, 0) is 13.5 Å². The number of aromatic nitrogens is 4. The van der Waals surface area contributed by atoms with E-state index in [9.17, 15) is 0 Å². The fourth-order valence-corrected chi connectivity index (χ4v) is 1.73. The quantitative estimate of drug-likeness (QED) is 0.791. The first-order valence-corrected chi connectivity index (χ1v) is 5.83. The molecule has 6 heteroatoms. The van der Waals surface area contributed by atoms with Crippen molar-refractivity contribution in [3.8, 4) is 11.6 Å². The Hall–Kier alpha value is -1.69. The molecule has 1 atom stereocenters. The molecule has 17 heavy (non-hydrogen) atoms. The molecule has 2 rings (SSSR count). The van der Waals surface area contributed by atoms with Crippen LogP contribution in [-0.4, -0.2) is 33.2 Å². The van der Waals surface area contributed by atoms with Crippen LogP contribution in [0.4, 0.5) is 0 Å². The summed E-state index contributed by atoms with van der Waals surface area (Å²) >= 11 is 0. The van der Waals surface area contributed by atoms with Crippen LogP contribution < -0.4 is 5.32 Å². The van der Waals surface area contributed by atoms with Gasteiger partial charge in [-0.3, -0.25) is 0 Å². The van der Waals surface area contributed by atoms with Crippen LogP contribution in [0.1, 0.15) is 25.7 Å². The van der Waals surface area contributed by atoms with Crippen molar-refractivity contribution < 1.29 is 4.52 Å². The number of nitrogens with zero attached hydrogens (tertiary/aromatic N) is 3. The van der Waals surface area contributed by atoms with Crippen molar-refractivity contribution in [2.45, 2.75) is 32.2 Å². The highest BCUT2D eigenvalue weighted by Gasteiger charge is 2.14. The molecule has 2 aromatic rings. The van der Waals surface area contributed by atoms with E-state index in [0.29, 0.717) is 23.6 Å². The van der Waals surface area contributed by atoms with Crippen LogP contribution in [0.3, 0.4) is 0 Å². The molecule has 2 heterocycles.